The van der Waals surface area contributed by atoms with Crippen molar-refractivity contribution in [3.8, 4) is 0 Å². The van der Waals surface area contributed by atoms with Crippen LogP contribution in [-0.2, 0) is 30.6 Å². The molecule has 1 saturated heterocycles. The number of carboxylic acid groups (broad SMARTS) is 2. The van der Waals surface area contributed by atoms with Gasteiger partial charge in [0.05, 0.1) is 6.54 Å². The Morgan fingerprint density at radius 3 is 2.82 bits per heavy atom. The van der Waals surface area contributed by atoms with Crippen LogP contribution in [-0.4, -0.2) is 103 Å². The van der Waals surface area contributed by atoms with Gasteiger partial charge >= 0.3 is 11.9 Å². The predicted molar refractivity (Wildman–Crippen MR) is 137 cm³/mol. The number of carboxylic acids is 2. The molecule has 0 aliphatic carbocycles. The molecule has 2 aliphatic rings. The summed E-state index contributed by atoms with van der Waals surface area (Å²) >= 11 is 3.25. The van der Waals surface area contributed by atoms with Crippen LogP contribution in [0.4, 0.5) is 5.13 Å². The van der Waals surface area contributed by atoms with E-state index >= 15 is 0 Å². The molecule has 0 spiro atoms. The summed E-state index contributed by atoms with van der Waals surface area (Å²) in [5.74, 6) is -3.94. The molecule has 3 atom stereocenters. The summed E-state index contributed by atoms with van der Waals surface area (Å²) in [4.78, 5) is 59.1. The Morgan fingerprint density at radius 2 is 2.18 bits per heavy atom. The number of oxime groups is 1. The monoisotopic (exact) mass is 596 g/mol. The first-order valence-electron chi connectivity index (χ1n) is 10.9. The number of carbonyl (C=O) groups excluding carboxylic acids is 2. The summed E-state index contributed by atoms with van der Waals surface area (Å²) in [6, 6.07) is -1.09. The number of tetrazole rings is 1. The van der Waals surface area contributed by atoms with Crippen LogP contribution in [0.15, 0.2) is 34.2 Å². The summed E-state index contributed by atoms with van der Waals surface area (Å²) in [6.07, 6.45) is 0.227. The fourth-order valence-corrected chi connectivity index (χ4v) is 6.19. The van der Waals surface area contributed by atoms with E-state index in [4.69, 9.17) is 15.7 Å². The average molecular weight is 597 g/mol. The molecular weight excluding hydrogens is 576 g/mol. The highest BCUT2D eigenvalue weighted by atomic mass is 32.2. The first-order valence-corrected chi connectivity index (χ1v) is 13.7. The number of rotatable bonds is 12. The number of hydrogen-bond acceptors (Lipinski definition) is 15. The first kappa shape index (κ1) is 28.0. The molecule has 39 heavy (non-hydrogen) atoms. The zero-order valence-electron chi connectivity index (χ0n) is 20.0. The van der Waals surface area contributed by atoms with Crippen molar-refractivity contribution in [3.05, 3.63) is 29.7 Å². The zero-order chi connectivity index (χ0) is 28.3. The van der Waals surface area contributed by atoms with Crippen molar-refractivity contribution in [2.24, 2.45) is 5.16 Å². The van der Waals surface area contributed by atoms with Crippen LogP contribution < -0.4 is 11.1 Å². The second-order valence-electron chi connectivity index (χ2n) is 7.82. The van der Waals surface area contributed by atoms with Gasteiger partial charge in [0.2, 0.25) is 22.8 Å². The van der Waals surface area contributed by atoms with Crippen molar-refractivity contribution >= 4 is 69.7 Å². The van der Waals surface area contributed by atoms with Crippen LogP contribution >= 0.6 is 35.1 Å². The van der Waals surface area contributed by atoms with E-state index in [0.29, 0.717) is 17.3 Å². The number of β-lactam (4-membered cyclic amide) rings is 1. The maximum absolute atomic E-state index is 13.0. The lowest BCUT2D eigenvalue weighted by atomic mass is 10.0. The fourth-order valence-electron chi connectivity index (χ4n) is 3.38. The largest absolute Gasteiger partial charge is 0.478 e. The van der Waals surface area contributed by atoms with Gasteiger partial charge in [-0.15, -0.1) is 23.4 Å². The summed E-state index contributed by atoms with van der Waals surface area (Å²) < 4.78 is 5.40. The van der Waals surface area contributed by atoms with Gasteiger partial charge in [0.1, 0.15) is 17.1 Å². The highest BCUT2D eigenvalue weighted by Crippen LogP contribution is 2.41. The SMILES string of the molecule is C=CCn1nnnc1SCC1=C(C(=O)O)N2C(=O)C(NC(=O)/C(=N\OC(C)C(=O)O)c3nsc(N)n3)[C@H]2SC1. The Balaban J connectivity index is 1.50. The highest BCUT2D eigenvalue weighted by Gasteiger charge is 2.54. The van der Waals surface area contributed by atoms with Crippen molar-refractivity contribution in [2.75, 3.05) is 17.2 Å². The minimum atomic E-state index is -1.39. The van der Waals surface area contributed by atoms with E-state index in [2.05, 4.69) is 41.9 Å². The fraction of sp³-hybridized carbons (Fsp3) is 0.368. The lowest BCUT2D eigenvalue weighted by Gasteiger charge is -2.49. The Labute approximate surface area is 231 Å². The predicted octanol–water partition coefficient (Wildman–Crippen LogP) is -0.982. The van der Waals surface area contributed by atoms with Gasteiger partial charge < -0.3 is 26.1 Å². The van der Waals surface area contributed by atoms with Crippen molar-refractivity contribution in [1.82, 2.24) is 39.8 Å². The number of nitrogen functional groups attached to an aromatic ring is 1. The van der Waals surface area contributed by atoms with Crippen molar-refractivity contribution in [2.45, 2.75) is 36.1 Å². The molecule has 206 valence electrons. The van der Waals surface area contributed by atoms with Gasteiger partial charge in [0, 0.05) is 23.0 Å². The number of allylic oxidation sites excluding steroid dienone is 1. The Hall–Kier alpha value is -4.04. The van der Waals surface area contributed by atoms with E-state index < -0.39 is 47.0 Å². The van der Waals surface area contributed by atoms with Gasteiger partial charge in [-0.05, 0) is 22.9 Å². The zero-order valence-corrected chi connectivity index (χ0v) is 22.4. The van der Waals surface area contributed by atoms with Gasteiger partial charge in [-0.25, -0.2) is 14.3 Å². The number of nitrogens with zero attached hydrogens (tertiary/aromatic N) is 8. The number of fused-ring (bicyclic) bond motifs is 1. The number of nitrogens with two attached hydrogens (primary N) is 1. The van der Waals surface area contributed by atoms with Crippen LogP contribution in [0.1, 0.15) is 12.7 Å². The van der Waals surface area contributed by atoms with E-state index in [0.717, 1.165) is 16.4 Å². The topological polar surface area (TPSA) is 241 Å². The molecule has 0 aromatic carbocycles. The van der Waals surface area contributed by atoms with Gasteiger partial charge in [0.25, 0.3) is 11.8 Å². The number of nitrogens with one attached hydrogen (secondary N) is 1. The van der Waals surface area contributed by atoms with Crippen molar-refractivity contribution in [1.29, 1.82) is 0 Å². The van der Waals surface area contributed by atoms with E-state index in [-0.39, 0.29) is 28.2 Å². The normalized spacial score (nSPS) is 19.7. The molecule has 4 heterocycles. The molecule has 2 aromatic heterocycles. The van der Waals surface area contributed by atoms with Gasteiger partial charge in [-0.2, -0.15) is 9.36 Å². The van der Waals surface area contributed by atoms with Crippen molar-refractivity contribution < 1.29 is 34.2 Å². The van der Waals surface area contributed by atoms with Crippen molar-refractivity contribution in [3.63, 3.8) is 0 Å². The summed E-state index contributed by atoms with van der Waals surface area (Å²) in [5.41, 5.74) is 5.40. The molecule has 17 nitrogen and oxygen atoms in total. The third-order valence-corrected chi connectivity index (χ3v) is 8.16. The van der Waals surface area contributed by atoms with Gasteiger partial charge in [0.15, 0.2) is 5.13 Å². The van der Waals surface area contributed by atoms with Crippen LogP contribution in [0.3, 0.4) is 0 Å². The maximum Gasteiger partial charge on any atom is 0.352 e. The molecule has 0 radical (unpaired) electrons. The number of carbonyl (C=O) groups is 4. The molecule has 2 aliphatic heterocycles. The van der Waals surface area contributed by atoms with Gasteiger partial charge in [-0.3, -0.25) is 14.5 Å². The number of aromatic nitrogens is 6. The number of amides is 2. The molecule has 2 aromatic rings. The standard InChI is InChI=1S/C19H20N10O7S3/c1-3-4-28-19(23-26-27-28)38-6-8-5-37-15-10(14(31)29(15)11(8)17(34)35)21-13(30)9(12-22-18(20)39-25-12)24-36-7(2)16(32)33/h3,7,10,15H,1,4-6H2,2H3,(H,21,30)(H,32,33)(H,34,35)(H2,20,22,25)/b24-9-/t7?,10?,15-/m1/s1. The third kappa shape index (κ3) is 5.86. The van der Waals surface area contributed by atoms with Crippen LogP contribution in [0.5, 0.6) is 0 Å². The third-order valence-electron chi connectivity index (χ3n) is 5.23. The van der Waals surface area contributed by atoms with E-state index in [1.54, 1.807) is 6.08 Å². The molecular formula is C19H20N10O7S3. The first-order chi connectivity index (χ1) is 18.6. The number of thioether (sulfide) groups is 2. The molecule has 1 fully saturated rings. The second-order valence-corrected chi connectivity index (χ2v) is 10.7. The molecule has 5 N–H and O–H groups in total. The molecule has 2 amide bonds. The Kier molecular flexibility index (Phi) is 8.45. The minimum absolute atomic E-state index is 0.0191. The number of anilines is 1. The highest BCUT2D eigenvalue weighted by molar-refractivity contribution is 8.01. The summed E-state index contributed by atoms with van der Waals surface area (Å²) in [6.45, 7) is 5.21. The molecule has 20 heteroatoms. The molecule has 0 bridgehead atoms. The number of hydrogen-bond donors (Lipinski definition) is 4. The quantitative estimate of drug-likeness (QED) is 0.0756. The van der Waals surface area contributed by atoms with E-state index in [9.17, 15) is 24.3 Å². The Morgan fingerprint density at radius 1 is 1.41 bits per heavy atom. The average Bonchev–Trinajstić information content (AvgIpc) is 3.53. The van der Waals surface area contributed by atoms with Crippen LogP contribution in [0.25, 0.3) is 0 Å². The second kappa shape index (κ2) is 11.8. The van der Waals surface area contributed by atoms with Crippen LogP contribution in [0, 0.1) is 0 Å². The summed E-state index contributed by atoms with van der Waals surface area (Å²) in [5, 5.41) is 36.1. The lowest BCUT2D eigenvalue weighted by Crippen LogP contribution is -2.71. The smallest absolute Gasteiger partial charge is 0.352 e. The maximum atomic E-state index is 13.0. The number of aliphatic carboxylic acids is 2. The molecule has 0 saturated carbocycles. The van der Waals surface area contributed by atoms with E-state index in [1.807, 2.05) is 0 Å². The van der Waals surface area contributed by atoms with E-state index in [1.165, 1.54) is 35.1 Å². The lowest BCUT2D eigenvalue weighted by molar-refractivity contribution is -0.150. The van der Waals surface area contributed by atoms with Gasteiger partial charge in [-0.1, -0.05) is 23.0 Å². The summed E-state index contributed by atoms with van der Waals surface area (Å²) in [7, 11) is 0. The molecule has 4 rings (SSSR count). The van der Waals surface area contributed by atoms with Crippen LogP contribution in [0.2, 0.25) is 0 Å². The molecule has 2 unspecified atom stereocenters. The Bertz CT molecular complexity index is 1390. The minimum Gasteiger partial charge on any atom is -0.478 e.